The SMILES string of the molecule is O=C(O)[C@H]1O[C@@H](Oc2cc([C@H]3Oc4cc(O)cc(O)c4C[C@@H]3O)ccc2O)[C@H](O)[C@@H](O)[C@@H]1O. The topological polar surface area (TPSA) is 207 Å². The summed E-state index contributed by atoms with van der Waals surface area (Å²) in [5.41, 5.74) is 0.599. The molecule has 12 nitrogen and oxygen atoms in total. The highest BCUT2D eigenvalue weighted by molar-refractivity contribution is 5.73. The Morgan fingerprint density at radius 2 is 1.67 bits per heavy atom. The van der Waals surface area contributed by atoms with E-state index >= 15 is 0 Å². The molecule has 2 aliphatic heterocycles. The van der Waals surface area contributed by atoms with Gasteiger partial charge in [-0.2, -0.15) is 0 Å². The Morgan fingerprint density at radius 3 is 2.36 bits per heavy atom. The Morgan fingerprint density at radius 1 is 0.939 bits per heavy atom. The number of rotatable bonds is 4. The molecule has 2 heterocycles. The Bertz CT molecular complexity index is 1060. The van der Waals surface area contributed by atoms with Crippen molar-refractivity contribution in [1.29, 1.82) is 0 Å². The van der Waals surface area contributed by atoms with E-state index < -0.39 is 54.6 Å². The van der Waals surface area contributed by atoms with Gasteiger partial charge in [-0.1, -0.05) is 6.07 Å². The van der Waals surface area contributed by atoms with Crippen LogP contribution in [0.1, 0.15) is 17.2 Å². The largest absolute Gasteiger partial charge is 0.508 e. The lowest BCUT2D eigenvalue weighted by Gasteiger charge is -2.38. The molecule has 178 valence electrons. The van der Waals surface area contributed by atoms with E-state index in [1.807, 2.05) is 0 Å². The third kappa shape index (κ3) is 4.21. The number of aromatic hydroxyl groups is 3. The number of carboxylic acid groups (broad SMARTS) is 1. The van der Waals surface area contributed by atoms with Crippen LogP contribution in [-0.2, 0) is 16.0 Å². The molecule has 0 saturated carbocycles. The van der Waals surface area contributed by atoms with E-state index in [4.69, 9.17) is 19.3 Å². The fourth-order valence-corrected chi connectivity index (χ4v) is 3.83. The molecular formula is C21H22O12. The highest BCUT2D eigenvalue weighted by Gasteiger charge is 2.48. The third-order valence-electron chi connectivity index (χ3n) is 5.56. The Hall–Kier alpha value is -3.29. The molecule has 12 heteroatoms. The average Bonchev–Trinajstić information content (AvgIpc) is 2.75. The quantitative estimate of drug-likeness (QED) is 0.276. The predicted molar refractivity (Wildman–Crippen MR) is 106 cm³/mol. The van der Waals surface area contributed by atoms with Crippen molar-refractivity contribution >= 4 is 5.97 Å². The summed E-state index contributed by atoms with van der Waals surface area (Å²) >= 11 is 0. The van der Waals surface area contributed by atoms with E-state index in [0.29, 0.717) is 11.1 Å². The van der Waals surface area contributed by atoms with Gasteiger partial charge in [-0.25, -0.2) is 4.79 Å². The number of ether oxygens (including phenoxy) is 3. The van der Waals surface area contributed by atoms with E-state index in [9.17, 15) is 40.5 Å². The van der Waals surface area contributed by atoms with E-state index in [2.05, 4.69) is 0 Å². The number of benzene rings is 2. The lowest BCUT2D eigenvalue weighted by atomic mass is 9.94. The zero-order valence-corrected chi connectivity index (χ0v) is 16.8. The van der Waals surface area contributed by atoms with Crippen LogP contribution in [0.5, 0.6) is 28.7 Å². The summed E-state index contributed by atoms with van der Waals surface area (Å²) in [6, 6.07) is 6.26. The molecule has 0 aromatic heterocycles. The van der Waals surface area contributed by atoms with Gasteiger partial charge < -0.3 is 55.1 Å². The van der Waals surface area contributed by atoms with Crippen molar-refractivity contribution in [3.63, 3.8) is 0 Å². The molecule has 2 aromatic carbocycles. The summed E-state index contributed by atoms with van der Waals surface area (Å²) in [5, 5.41) is 79.4. The first-order valence-electron chi connectivity index (χ1n) is 9.88. The molecule has 4 rings (SSSR count). The van der Waals surface area contributed by atoms with Crippen LogP contribution in [0.25, 0.3) is 0 Å². The molecule has 0 aliphatic carbocycles. The molecule has 0 amide bonds. The van der Waals surface area contributed by atoms with Crippen molar-refractivity contribution in [1.82, 2.24) is 0 Å². The summed E-state index contributed by atoms with van der Waals surface area (Å²) < 4.78 is 16.2. The van der Waals surface area contributed by atoms with Gasteiger partial charge in [-0.15, -0.1) is 0 Å². The van der Waals surface area contributed by atoms with Crippen molar-refractivity contribution in [2.45, 2.75) is 49.3 Å². The average molecular weight is 466 g/mol. The zero-order chi connectivity index (χ0) is 24.0. The molecule has 2 aliphatic rings. The smallest absolute Gasteiger partial charge is 0.335 e. The molecule has 0 spiro atoms. The maximum Gasteiger partial charge on any atom is 0.335 e. The van der Waals surface area contributed by atoms with Crippen molar-refractivity contribution < 1.29 is 59.9 Å². The number of carboxylic acids is 1. The number of fused-ring (bicyclic) bond motifs is 1. The standard InChI is InChI=1S/C21H22O12/c22-8-4-11(24)9-6-12(25)18(31-13(9)5-8)7-1-2-10(23)14(3-7)32-21-17(28)15(26)16(27)19(33-21)20(29)30/h1-5,12,15-19,21-28H,6H2,(H,29,30)/t12-,15-,16-,17+,18+,19-,21+/m0/s1. The van der Waals surface area contributed by atoms with Crippen molar-refractivity contribution in [3.05, 3.63) is 41.5 Å². The van der Waals surface area contributed by atoms with E-state index in [1.54, 1.807) is 0 Å². The van der Waals surface area contributed by atoms with Crippen molar-refractivity contribution in [3.8, 4) is 28.7 Å². The second-order valence-electron chi connectivity index (χ2n) is 7.83. The minimum Gasteiger partial charge on any atom is -0.508 e. The predicted octanol–water partition coefficient (Wildman–Crippen LogP) is -0.889. The van der Waals surface area contributed by atoms with Crippen LogP contribution in [0.2, 0.25) is 0 Å². The summed E-state index contributed by atoms with van der Waals surface area (Å²) in [7, 11) is 0. The van der Waals surface area contributed by atoms with Crippen LogP contribution in [-0.4, -0.2) is 83.6 Å². The van der Waals surface area contributed by atoms with Crippen LogP contribution in [0.4, 0.5) is 0 Å². The zero-order valence-electron chi connectivity index (χ0n) is 16.8. The first-order chi connectivity index (χ1) is 15.6. The first kappa shape index (κ1) is 22.9. The molecule has 1 saturated heterocycles. The van der Waals surface area contributed by atoms with E-state index in [1.165, 1.54) is 24.3 Å². The molecule has 33 heavy (non-hydrogen) atoms. The minimum absolute atomic E-state index is 0.00198. The number of hydrogen-bond acceptors (Lipinski definition) is 11. The molecule has 7 atom stereocenters. The van der Waals surface area contributed by atoms with Gasteiger partial charge in [0.1, 0.15) is 41.7 Å². The van der Waals surface area contributed by atoms with Crippen LogP contribution in [0.3, 0.4) is 0 Å². The molecule has 1 fully saturated rings. The number of aliphatic hydroxyl groups excluding tert-OH is 4. The van der Waals surface area contributed by atoms with Gasteiger partial charge in [-0.05, 0) is 17.7 Å². The van der Waals surface area contributed by atoms with Gasteiger partial charge in [0.05, 0.1) is 6.10 Å². The maximum atomic E-state index is 11.3. The number of hydrogen-bond donors (Lipinski definition) is 8. The van der Waals surface area contributed by atoms with Gasteiger partial charge >= 0.3 is 5.97 Å². The second-order valence-corrected chi connectivity index (χ2v) is 7.83. The normalized spacial score (nSPS) is 31.3. The Balaban J connectivity index is 1.60. The lowest BCUT2D eigenvalue weighted by molar-refractivity contribution is -0.271. The van der Waals surface area contributed by atoms with Crippen molar-refractivity contribution in [2.75, 3.05) is 0 Å². The fraction of sp³-hybridized carbons (Fsp3) is 0.381. The highest BCUT2D eigenvalue weighted by atomic mass is 16.7. The molecule has 8 N–H and O–H groups in total. The van der Waals surface area contributed by atoms with E-state index in [0.717, 1.165) is 6.07 Å². The molecular weight excluding hydrogens is 444 g/mol. The van der Waals surface area contributed by atoms with Gasteiger partial charge in [0.15, 0.2) is 17.6 Å². The van der Waals surface area contributed by atoms with E-state index in [-0.39, 0.29) is 29.4 Å². The van der Waals surface area contributed by atoms with Crippen molar-refractivity contribution in [2.24, 2.45) is 0 Å². The van der Waals surface area contributed by atoms with Crippen LogP contribution >= 0.6 is 0 Å². The molecule has 0 radical (unpaired) electrons. The monoisotopic (exact) mass is 466 g/mol. The van der Waals surface area contributed by atoms with Crippen LogP contribution in [0.15, 0.2) is 30.3 Å². The number of aliphatic hydroxyl groups is 4. The van der Waals surface area contributed by atoms with Crippen LogP contribution < -0.4 is 9.47 Å². The fourth-order valence-electron chi connectivity index (χ4n) is 3.83. The number of aliphatic carboxylic acids is 1. The summed E-state index contributed by atoms with van der Waals surface area (Å²) in [5.74, 6) is -2.65. The molecule has 0 unspecified atom stereocenters. The van der Waals surface area contributed by atoms with Crippen LogP contribution in [0, 0.1) is 0 Å². The first-order valence-corrected chi connectivity index (χ1v) is 9.88. The lowest BCUT2D eigenvalue weighted by Crippen LogP contribution is -2.61. The van der Waals surface area contributed by atoms with Gasteiger partial charge in [0.2, 0.25) is 6.29 Å². The minimum atomic E-state index is -1.91. The summed E-state index contributed by atoms with van der Waals surface area (Å²) in [4.78, 5) is 11.3. The Labute approximate surface area is 186 Å². The number of phenols is 3. The number of phenolic OH excluding ortho intramolecular Hbond substituents is 3. The molecule has 2 aromatic rings. The second kappa shape index (κ2) is 8.57. The van der Waals surface area contributed by atoms with Gasteiger partial charge in [0, 0.05) is 24.1 Å². The Kier molecular flexibility index (Phi) is 5.95. The van der Waals surface area contributed by atoms with Gasteiger partial charge in [0.25, 0.3) is 0 Å². The third-order valence-corrected chi connectivity index (χ3v) is 5.56. The number of carbonyl (C=O) groups is 1. The summed E-state index contributed by atoms with van der Waals surface area (Å²) in [6.45, 7) is 0. The van der Waals surface area contributed by atoms with Gasteiger partial charge in [-0.3, -0.25) is 0 Å². The molecule has 0 bridgehead atoms. The summed E-state index contributed by atoms with van der Waals surface area (Å²) in [6.07, 6.45) is -11.4. The maximum absolute atomic E-state index is 11.3. The highest BCUT2D eigenvalue weighted by Crippen LogP contribution is 2.43.